The summed E-state index contributed by atoms with van der Waals surface area (Å²) in [6.07, 6.45) is 0. The molecule has 0 radical (unpaired) electrons. The van der Waals surface area contributed by atoms with Crippen LogP contribution in [0.3, 0.4) is 0 Å². The van der Waals surface area contributed by atoms with E-state index in [-0.39, 0.29) is 0 Å². The van der Waals surface area contributed by atoms with Crippen LogP contribution >= 0.6 is 54.4 Å². The maximum absolute atomic E-state index is 5.38. The van der Waals surface area contributed by atoms with Gasteiger partial charge in [0.15, 0.2) is 0 Å². The van der Waals surface area contributed by atoms with Crippen molar-refractivity contribution in [2.75, 3.05) is 0 Å². The molecule has 0 nitrogen and oxygen atoms in total. The molecule has 0 saturated carbocycles. The van der Waals surface area contributed by atoms with Crippen molar-refractivity contribution < 1.29 is 0 Å². The summed E-state index contributed by atoms with van der Waals surface area (Å²) in [5.41, 5.74) is 0. The molecule has 0 aromatic heterocycles. The largest absolute Gasteiger partial charge is 0.854 e. The first-order valence-corrected chi connectivity index (χ1v) is 14.4. The van der Waals surface area contributed by atoms with Gasteiger partial charge in [-0.15, -0.1) is 54.4 Å². The van der Waals surface area contributed by atoms with Crippen LogP contribution in [0.1, 0.15) is 0 Å². The Labute approximate surface area is 61.9 Å². The highest BCUT2D eigenvalue weighted by Gasteiger charge is 2.86. The Bertz CT molecular complexity index is 62.7. The van der Waals surface area contributed by atoms with Gasteiger partial charge >= 0.3 is 8.38 Å². The third kappa shape index (κ3) is 57.3. The van der Waals surface area contributed by atoms with E-state index >= 15 is 0 Å². The predicted octanol–water partition coefficient (Wildman–Crippen LogP) is 3.76. The molecule has 0 aliphatic heterocycles. The molecule has 0 aliphatic rings. The molecule has 7 heteroatoms. The fourth-order valence-electron chi connectivity index (χ4n) is 0. The molecule has 0 N–H and O–H groups in total. The lowest BCUT2D eigenvalue weighted by Gasteiger charge is -2.14. The van der Waals surface area contributed by atoms with Crippen LogP contribution in [-0.4, -0.2) is 8.38 Å². The highest BCUT2D eigenvalue weighted by Crippen LogP contribution is 2.66. The van der Waals surface area contributed by atoms with Gasteiger partial charge in [0, 0.05) is 0 Å². The summed E-state index contributed by atoms with van der Waals surface area (Å²) in [6, 6.07) is 0. The van der Waals surface area contributed by atoms with Crippen LogP contribution in [0.25, 0.3) is 0 Å². The lowest BCUT2D eigenvalue weighted by molar-refractivity contribution is 3.36. The molecule has 0 unspecified atom stereocenters. The summed E-state index contributed by atoms with van der Waals surface area (Å²) in [6.45, 7) is 0. The van der Waals surface area contributed by atoms with Gasteiger partial charge in [-0.3, -0.25) is 0 Å². The van der Waals surface area contributed by atoms with Gasteiger partial charge in [0.25, 0.3) is 0 Å². The van der Waals surface area contributed by atoms with Gasteiger partial charge in [0.05, 0.1) is 0 Å². The fourth-order valence-corrected chi connectivity index (χ4v) is 0. The van der Waals surface area contributed by atoms with E-state index < -0.39 is 8.38 Å². The molecule has 0 fully saturated rings. The van der Waals surface area contributed by atoms with E-state index in [1.807, 2.05) is 0 Å². The summed E-state index contributed by atoms with van der Waals surface area (Å²) in [4.78, 5) is 0. The third-order valence-electron chi connectivity index (χ3n) is 0. The first-order valence-electron chi connectivity index (χ1n) is 1.60. The maximum Gasteiger partial charge on any atom is 0.854 e. The molecule has 7 heavy (non-hydrogen) atoms. The quantitative estimate of drug-likeness (QED) is 0.562. The standard InChI is InChI=1S/6ClH.Mg/h6*1H;/q;;;;;;+6/p-6. The second-order valence-electron chi connectivity index (χ2n) is 1.52. The van der Waals surface area contributed by atoms with Crippen LogP contribution in [-0.2, 0) is 0 Å². The molecule has 0 amide bonds. The Hall–Kier alpha value is 2.51. The summed E-state index contributed by atoms with van der Waals surface area (Å²) in [5, 5.41) is 0. The van der Waals surface area contributed by atoms with Crippen molar-refractivity contribution in [3.05, 3.63) is 0 Å². The molecule has 0 aromatic carbocycles. The minimum absolute atomic E-state index is 5.06. The number of rotatable bonds is 0. The lowest BCUT2D eigenvalue weighted by Crippen LogP contribution is -2.35. The Kier molecular flexibility index (Phi) is 2.12. The molecule has 0 spiro atoms. The van der Waals surface area contributed by atoms with Crippen molar-refractivity contribution in [1.82, 2.24) is 0 Å². The van der Waals surface area contributed by atoms with Crippen molar-refractivity contribution in [3.63, 3.8) is 0 Å². The Morgan fingerprint density at radius 1 is 0.571 bits per heavy atom. The molecule has 0 rings (SSSR count). The molecule has 0 aromatic rings. The van der Waals surface area contributed by atoms with E-state index in [4.69, 9.17) is 54.4 Å². The van der Waals surface area contributed by atoms with Crippen LogP contribution in [0.15, 0.2) is 0 Å². The molecule has 0 aliphatic carbocycles. The van der Waals surface area contributed by atoms with Crippen LogP contribution < -0.4 is 0 Å². The lowest BCUT2D eigenvalue weighted by atomic mass is 23.8. The van der Waals surface area contributed by atoms with E-state index in [9.17, 15) is 0 Å². The fraction of sp³-hybridized carbons (Fsp3) is 0. The van der Waals surface area contributed by atoms with Crippen LogP contribution in [0.2, 0.25) is 0 Å². The first-order chi connectivity index (χ1) is 2.45. The minimum atomic E-state index is -5.38. The monoisotopic (exact) mass is 234 g/mol. The van der Waals surface area contributed by atoms with Gasteiger partial charge in [-0.25, -0.2) is 0 Å². The van der Waals surface area contributed by atoms with Gasteiger partial charge in [0.2, 0.25) is 0 Å². The minimum Gasteiger partial charge on any atom is -0.142 e. The zero-order chi connectivity index (χ0) is 6.41. The van der Waals surface area contributed by atoms with Crippen molar-refractivity contribution in [2.24, 2.45) is 0 Å². The molecule has 0 saturated heterocycles. The second-order valence-corrected chi connectivity index (χ2v) is 40.9. The van der Waals surface area contributed by atoms with Crippen LogP contribution in [0, 0.1) is 0 Å². The smallest absolute Gasteiger partial charge is 0.142 e. The van der Waals surface area contributed by atoms with Crippen LogP contribution in [0.5, 0.6) is 0 Å². The molecule has 0 atom stereocenters. The highest BCUT2D eigenvalue weighted by molar-refractivity contribution is 8.26. The molecule has 0 bridgehead atoms. The Morgan fingerprint density at radius 3 is 0.571 bits per heavy atom. The van der Waals surface area contributed by atoms with Gasteiger partial charge in [-0.05, 0) is 0 Å². The zero-order valence-corrected chi connectivity index (χ0v) is 8.92. The topological polar surface area (TPSA) is 0 Å². The summed E-state index contributed by atoms with van der Waals surface area (Å²) in [5.74, 6) is 0. The van der Waals surface area contributed by atoms with Gasteiger partial charge < -0.3 is 0 Å². The molecular weight excluding hydrogens is 237 g/mol. The Balaban J connectivity index is 4.43. The van der Waals surface area contributed by atoms with Crippen molar-refractivity contribution in [2.45, 2.75) is 0 Å². The average molecular weight is 237 g/mol. The maximum atomic E-state index is 5.06. The molecule has 44 valence electrons. The van der Waals surface area contributed by atoms with Gasteiger partial charge in [-0.1, -0.05) is 0 Å². The van der Waals surface area contributed by atoms with Gasteiger partial charge in [-0.2, -0.15) is 0 Å². The van der Waals surface area contributed by atoms with Crippen molar-refractivity contribution in [3.8, 4) is 0 Å². The summed E-state index contributed by atoms with van der Waals surface area (Å²) < 4.78 is 0. The highest BCUT2D eigenvalue weighted by atomic mass is 36.0. The SMILES string of the molecule is [Cl][Mg]([Cl])([Cl])([Cl])([Cl])[Cl]. The summed E-state index contributed by atoms with van der Waals surface area (Å²) >= 11 is 0. The number of halogens is 6. The summed E-state index contributed by atoms with van der Waals surface area (Å²) in [7, 11) is 25.0. The van der Waals surface area contributed by atoms with E-state index in [1.54, 1.807) is 0 Å². The molecule has 0 heterocycles. The number of hydrogen-bond acceptors (Lipinski definition) is 0. The first kappa shape index (κ1) is 9.51. The van der Waals surface area contributed by atoms with E-state index in [0.29, 0.717) is 0 Å². The average Bonchev–Trinajstić information content (AvgIpc) is 0.592. The van der Waals surface area contributed by atoms with Crippen molar-refractivity contribution >= 4 is 62.8 Å². The zero-order valence-electron chi connectivity index (χ0n) is 2.97. The van der Waals surface area contributed by atoms with Crippen molar-refractivity contribution in [1.29, 1.82) is 0 Å². The van der Waals surface area contributed by atoms with Crippen LogP contribution in [0.4, 0.5) is 0 Å². The Morgan fingerprint density at radius 2 is 0.571 bits per heavy atom. The third-order valence-corrected chi connectivity index (χ3v) is 0. The number of hydrogen-bond donors (Lipinski definition) is 0. The molecular formula is Cl6Mg. The predicted molar refractivity (Wildman–Crippen MR) is 40.9 cm³/mol. The second kappa shape index (κ2) is 1.56. The van der Waals surface area contributed by atoms with E-state index in [2.05, 4.69) is 0 Å². The van der Waals surface area contributed by atoms with E-state index in [1.165, 1.54) is 0 Å². The van der Waals surface area contributed by atoms with Gasteiger partial charge in [0.1, 0.15) is 0 Å². The normalized spacial score (nSPS) is 18.0. The van der Waals surface area contributed by atoms with E-state index in [0.717, 1.165) is 0 Å².